The number of aromatic amines is 1. The minimum Gasteiger partial charge on any atom is -0.481 e. The molecule has 0 amide bonds. The number of ether oxygens (including phenoxy) is 1. The third-order valence-electron chi connectivity index (χ3n) is 1.21. The molecule has 11 heavy (non-hydrogen) atoms. The molecule has 1 heterocycles. The van der Waals surface area contributed by atoms with Gasteiger partial charge in [-0.2, -0.15) is 4.98 Å². The summed E-state index contributed by atoms with van der Waals surface area (Å²) in [5.41, 5.74) is 5.46. The first-order chi connectivity index (χ1) is 5.26. The Bertz CT molecular complexity index is 269. The summed E-state index contributed by atoms with van der Waals surface area (Å²) in [7, 11) is 1.45. The molecule has 0 bridgehead atoms. The number of hydrogen-bond donors (Lipinski definition) is 2. The van der Waals surface area contributed by atoms with Crippen LogP contribution in [-0.4, -0.2) is 17.1 Å². The van der Waals surface area contributed by atoms with Gasteiger partial charge < -0.3 is 15.5 Å². The van der Waals surface area contributed by atoms with Crippen LogP contribution in [-0.2, 0) is 6.54 Å². The first kappa shape index (κ1) is 7.74. The van der Waals surface area contributed by atoms with Crippen LogP contribution in [0.3, 0.4) is 0 Å². The molecule has 60 valence electrons. The Morgan fingerprint density at radius 2 is 2.55 bits per heavy atom. The van der Waals surface area contributed by atoms with Crippen molar-refractivity contribution in [2.75, 3.05) is 7.11 Å². The second-order valence-electron chi connectivity index (χ2n) is 1.96. The van der Waals surface area contributed by atoms with Gasteiger partial charge in [0.2, 0.25) is 5.88 Å². The lowest BCUT2D eigenvalue weighted by atomic mass is 10.4. The fourth-order valence-corrected chi connectivity index (χ4v) is 0.697. The van der Waals surface area contributed by atoms with E-state index >= 15 is 0 Å². The molecule has 5 nitrogen and oxygen atoms in total. The maximum absolute atomic E-state index is 10.7. The Labute approximate surface area is 63.2 Å². The zero-order chi connectivity index (χ0) is 8.27. The van der Waals surface area contributed by atoms with Crippen LogP contribution >= 0.6 is 0 Å². The Morgan fingerprint density at radius 1 is 1.82 bits per heavy atom. The molecular formula is C6H9N3O2. The smallest absolute Gasteiger partial charge is 0.348 e. The monoisotopic (exact) mass is 155 g/mol. The van der Waals surface area contributed by atoms with Gasteiger partial charge in [-0.25, -0.2) is 4.79 Å². The quantitative estimate of drug-likeness (QED) is 0.588. The average molecular weight is 155 g/mol. The summed E-state index contributed by atoms with van der Waals surface area (Å²) in [5, 5.41) is 0. The molecule has 0 fully saturated rings. The molecule has 0 atom stereocenters. The SMILES string of the molecule is COc1cc(CN)[nH]c(=O)n1. The van der Waals surface area contributed by atoms with Crippen LogP contribution in [0.2, 0.25) is 0 Å². The molecule has 0 spiro atoms. The number of aromatic nitrogens is 2. The van der Waals surface area contributed by atoms with E-state index in [1.165, 1.54) is 7.11 Å². The fourth-order valence-electron chi connectivity index (χ4n) is 0.697. The standard InChI is InChI=1S/C6H9N3O2/c1-11-5-2-4(3-7)8-6(10)9-5/h2H,3,7H2,1H3,(H,8,9,10). The zero-order valence-electron chi connectivity index (χ0n) is 6.13. The summed E-state index contributed by atoms with van der Waals surface area (Å²) in [6, 6.07) is 1.58. The molecule has 0 saturated heterocycles. The third kappa shape index (κ3) is 1.78. The molecule has 5 heteroatoms. The molecule has 0 aromatic carbocycles. The number of nitrogens with two attached hydrogens (primary N) is 1. The van der Waals surface area contributed by atoms with Gasteiger partial charge in [-0.3, -0.25) is 0 Å². The number of methoxy groups -OCH3 is 1. The molecule has 0 aliphatic heterocycles. The second kappa shape index (κ2) is 3.16. The van der Waals surface area contributed by atoms with Gasteiger partial charge in [-0.15, -0.1) is 0 Å². The number of hydrogen-bond acceptors (Lipinski definition) is 4. The fraction of sp³-hybridized carbons (Fsp3) is 0.333. The summed E-state index contributed by atoms with van der Waals surface area (Å²) in [5.74, 6) is 0.286. The van der Waals surface area contributed by atoms with Crippen molar-refractivity contribution in [2.45, 2.75) is 6.54 Å². The predicted octanol–water partition coefficient (Wildman–Crippen LogP) is -0.763. The van der Waals surface area contributed by atoms with Crippen molar-refractivity contribution in [3.05, 3.63) is 22.2 Å². The van der Waals surface area contributed by atoms with E-state index in [0.717, 1.165) is 0 Å². The van der Waals surface area contributed by atoms with E-state index < -0.39 is 5.69 Å². The van der Waals surface area contributed by atoms with Crippen molar-refractivity contribution in [1.82, 2.24) is 9.97 Å². The highest BCUT2D eigenvalue weighted by molar-refractivity contribution is 5.12. The molecule has 0 aliphatic carbocycles. The lowest BCUT2D eigenvalue weighted by molar-refractivity contribution is 0.394. The number of nitrogens with zero attached hydrogens (tertiary/aromatic N) is 1. The Hall–Kier alpha value is -1.36. The minimum absolute atomic E-state index is 0.272. The second-order valence-corrected chi connectivity index (χ2v) is 1.96. The molecule has 1 rings (SSSR count). The summed E-state index contributed by atoms with van der Waals surface area (Å²) in [6.07, 6.45) is 0. The molecule has 0 radical (unpaired) electrons. The maximum Gasteiger partial charge on any atom is 0.348 e. The maximum atomic E-state index is 10.7. The van der Waals surface area contributed by atoms with Gasteiger partial charge in [0.05, 0.1) is 7.11 Å². The molecule has 1 aromatic rings. The normalized spacial score (nSPS) is 9.64. The van der Waals surface area contributed by atoms with E-state index in [4.69, 9.17) is 10.5 Å². The highest BCUT2D eigenvalue weighted by Gasteiger charge is 1.97. The Kier molecular flexibility index (Phi) is 2.22. The Morgan fingerprint density at radius 3 is 3.09 bits per heavy atom. The summed E-state index contributed by atoms with van der Waals surface area (Å²) >= 11 is 0. The van der Waals surface area contributed by atoms with Gasteiger partial charge in [-0.05, 0) is 0 Å². The van der Waals surface area contributed by atoms with Crippen LogP contribution in [0.25, 0.3) is 0 Å². The van der Waals surface area contributed by atoms with Gasteiger partial charge in [0.1, 0.15) is 0 Å². The number of H-pyrrole nitrogens is 1. The van der Waals surface area contributed by atoms with Crippen molar-refractivity contribution in [3.63, 3.8) is 0 Å². The van der Waals surface area contributed by atoms with E-state index in [2.05, 4.69) is 9.97 Å². The summed E-state index contributed by atoms with van der Waals surface area (Å²) in [4.78, 5) is 16.7. The van der Waals surface area contributed by atoms with Gasteiger partial charge in [0, 0.05) is 18.3 Å². The van der Waals surface area contributed by atoms with Crippen LogP contribution < -0.4 is 16.2 Å². The number of nitrogens with one attached hydrogen (secondary N) is 1. The third-order valence-corrected chi connectivity index (χ3v) is 1.21. The summed E-state index contributed by atoms with van der Waals surface area (Å²) in [6.45, 7) is 0.272. The first-order valence-corrected chi connectivity index (χ1v) is 3.10. The van der Waals surface area contributed by atoms with Gasteiger partial charge in [0.25, 0.3) is 0 Å². The van der Waals surface area contributed by atoms with Gasteiger partial charge >= 0.3 is 5.69 Å². The van der Waals surface area contributed by atoms with E-state index in [0.29, 0.717) is 5.69 Å². The van der Waals surface area contributed by atoms with Crippen molar-refractivity contribution in [1.29, 1.82) is 0 Å². The van der Waals surface area contributed by atoms with Crippen LogP contribution in [0.4, 0.5) is 0 Å². The summed E-state index contributed by atoms with van der Waals surface area (Å²) < 4.78 is 4.75. The van der Waals surface area contributed by atoms with Gasteiger partial charge in [0.15, 0.2) is 0 Å². The Balaban J connectivity index is 3.12. The molecular weight excluding hydrogens is 146 g/mol. The van der Waals surface area contributed by atoms with Crippen LogP contribution in [0, 0.1) is 0 Å². The van der Waals surface area contributed by atoms with Crippen molar-refractivity contribution in [2.24, 2.45) is 5.73 Å². The van der Waals surface area contributed by atoms with Crippen molar-refractivity contribution < 1.29 is 4.74 Å². The first-order valence-electron chi connectivity index (χ1n) is 3.10. The van der Waals surface area contributed by atoms with Gasteiger partial charge in [-0.1, -0.05) is 0 Å². The predicted molar refractivity (Wildman–Crippen MR) is 39.3 cm³/mol. The highest BCUT2D eigenvalue weighted by Crippen LogP contribution is 2.01. The minimum atomic E-state index is -0.440. The molecule has 0 saturated carbocycles. The molecule has 3 N–H and O–H groups in total. The van der Waals surface area contributed by atoms with E-state index in [-0.39, 0.29) is 12.4 Å². The van der Waals surface area contributed by atoms with Crippen molar-refractivity contribution in [3.8, 4) is 5.88 Å². The average Bonchev–Trinajstić information content (AvgIpc) is 2.03. The van der Waals surface area contributed by atoms with E-state index in [1.54, 1.807) is 6.07 Å². The van der Waals surface area contributed by atoms with E-state index in [1.807, 2.05) is 0 Å². The molecule has 1 aromatic heterocycles. The topological polar surface area (TPSA) is 81.0 Å². The molecule has 0 aliphatic rings. The van der Waals surface area contributed by atoms with E-state index in [9.17, 15) is 4.79 Å². The largest absolute Gasteiger partial charge is 0.481 e. The zero-order valence-corrected chi connectivity index (χ0v) is 6.13. The molecule has 0 unspecified atom stereocenters. The number of rotatable bonds is 2. The lowest BCUT2D eigenvalue weighted by Crippen LogP contribution is -2.15. The van der Waals surface area contributed by atoms with Crippen LogP contribution in [0.15, 0.2) is 10.9 Å². The lowest BCUT2D eigenvalue weighted by Gasteiger charge is -1.98. The van der Waals surface area contributed by atoms with Crippen molar-refractivity contribution >= 4 is 0 Å². The highest BCUT2D eigenvalue weighted by atomic mass is 16.5. The van der Waals surface area contributed by atoms with Crippen LogP contribution in [0.5, 0.6) is 5.88 Å². The van der Waals surface area contributed by atoms with Crippen LogP contribution in [0.1, 0.15) is 5.69 Å².